The Hall–Kier alpha value is -1.17. The number of hydrogen-bond donors (Lipinski definition) is 0. The minimum Gasteiger partial charge on any atom is -0.294 e. The van der Waals surface area contributed by atoms with Crippen molar-refractivity contribution in [1.29, 1.82) is 0 Å². The van der Waals surface area contributed by atoms with Crippen LogP contribution < -0.4 is 0 Å². The van der Waals surface area contributed by atoms with Gasteiger partial charge in [0.15, 0.2) is 5.78 Å². The van der Waals surface area contributed by atoms with Gasteiger partial charge in [-0.3, -0.25) is 9.48 Å². The molecule has 1 aromatic rings. The van der Waals surface area contributed by atoms with Crippen molar-refractivity contribution < 1.29 is 13.2 Å². The number of rotatable bonds is 3. The Labute approximate surface area is 113 Å². The zero-order chi connectivity index (χ0) is 14.2. The summed E-state index contributed by atoms with van der Waals surface area (Å²) in [5.41, 5.74) is 1.34. The molecule has 106 valence electrons. The van der Waals surface area contributed by atoms with Crippen LogP contribution >= 0.6 is 0 Å². The van der Waals surface area contributed by atoms with E-state index in [2.05, 4.69) is 5.10 Å². The Morgan fingerprint density at radius 3 is 2.63 bits per heavy atom. The van der Waals surface area contributed by atoms with Crippen LogP contribution in [0.1, 0.15) is 41.7 Å². The summed E-state index contributed by atoms with van der Waals surface area (Å²) >= 11 is 0. The van der Waals surface area contributed by atoms with E-state index in [1.54, 1.807) is 17.9 Å². The molecule has 1 heterocycles. The van der Waals surface area contributed by atoms with Crippen molar-refractivity contribution >= 4 is 15.6 Å². The van der Waals surface area contributed by atoms with E-state index in [9.17, 15) is 13.2 Å². The van der Waals surface area contributed by atoms with Gasteiger partial charge in [-0.1, -0.05) is 6.42 Å². The minimum absolute atomic E-state index is 0.0407. The SMILES string of the molecule is Cc1nn(C)cc1C(=O)C1CCCC(S(C)(=O)=O)C1. The van der Waals surface area contributed by atoms with E-state index in [0.717, 1.165) is 12.8 Å². The Kier molecular flexibility index (Phi) is 3.80. The second-order valence-corrected chi connectivity index (χ2v) is 7.81. The highest BCUT2D eigenvalue weighted by Gasteiger charge is 2.33. The number of aromatic nitrogens is 2. The number of carbonyl (C=O) groups excluding carboxylic acids is 1. The van der Waals surface area contributed by atoms with Gasteiger partial charge in [0.1, 0.15) is 9.84 Å². The maximum atomic E-state index is 12.5. The standard InChI is InChI=1S/C13H20N2O3S/c1-9-12(8-15(2)14-9)13(16)10-5-4-6-11(7-10)19(3,17)18/h8,10-11H,4-7H2,1-3H3. The van der Waals surface area contributed by atoms with Crippen LogP contribution in [0.2, 0.25) is 0 Å². The minimum atomic E-state index is -3.05. The molecule has 2 atom stereocenters. The molecule has 1 aliphatic carbocycles. The smallest absolute Gasteiger partial charge is 0.169 e. The number of carbonyl (C=O) groups is 1. The first-order valence-corrected chi connectivity index (χ1v) is 8.48. The van der Waals surface area contributed by atoms with E-state index < -0.39 is 9.84 Å². The molecule has 0 aromatic carbocycles. The quantitative estimate of drug-likeness (QED) is 0.789. The van der Waals surface area contributed by atoms with Crippen molar-refractivity contribution in [2.75, 3.05) is 6.26 Å². The van der Waals surface area contributed by atoms with Crippen LogP contribution in [0.25, 0.3) is 0 Å². The largest absolute Gasteiger partial charge is 0.294 e. The van der Waals surface area contributed by atoms with Gasteiger partial charge in [0.25, 0.3) is 0 Å². The molecule has 19 heavy (non-hydrogen) atoms. The first-order valence-electron chi connectivity index (χ1n) is 6.52. The Bertz CT molecular complexity index is 589. The fourth-order valence-corrected chi connectivity index (χ4v) is 4.01. The van der Waals surface area contributed by atoms with Crippen molar-refractivity contribution in [2.24, 2.45) is 13.0 Å². The van der Waals surface area contributed by atoms with Gasteiger partial charge in [0.05, 0.1) is 16.5 Å². The highest BCUT2D eigenvalue weighted by molar-refractivity contribution is 7.91. The van der Waals surface area contributed by atoms with Gasteiger partial charge in [-0.25, -0.2) is 8.42 Å². The topological polar surface area (TPSA) is 69.0 Å². The molecule has 0 aliphatic heterocycles. The molecule has 0 radical (unpaired) electrons. The average Bonchev–Trinajstić information content (AvgIpc) is 2.66. The van der Waals surface area contributed by atoms with Crippen LogP contribution in [0, 0.1) is 12.8 Å². The average molecular weight is 284 g/mol. The second-order valence-electron chi connectivity index (χ2n) is 5.48. The summed E-state index contributed by atoms with van der Waals surface area (Å²) in [4.78, 5) is 12.5. The van der Waals surface area contributed by atoms with Crippen LogP contribution in [0.15, 0.2) is 6.20 Å². The lowest BCUT2D eigenvalue weighted by Crippen LogP contribution is -2.31. The van der Waals surface area contributed by atoms with Gasteiger partial charge in [-0.2, -0.15) is 5.10 Å². The van der Waals surface area contributed by atoms with Crippen molar-refractivity contribution in [3.63, 3.8) is 0 Å². The number of sulfone groups is 1. The molecule has 0 saturated heterocycles. The molecule has 0 N–H and O–H groups in total. The predicted molar refractivity (Wildman–Crippen MR) is 72.9 cm³/mol. The summed E-state index contributed by atoms with van der Waals surface area (Å²) in [6.07, 6.45) is 5.69. The molecule has 2 rings (SSSR count). The third kappa shape index (κ3) is 3.05. The summed E-state index contributed by atoms with van der Waals surface area (Å²) in [5.74, 6) is -0.143. The Morgan fingerprint density at radius 1 is 1.42 bits per heavy atom. The lowest BCUT2D eigenvalue weighted by molar-refractivity contribution is 0.0890. The van der Waals surface area contributed by atoms with Crippen LogP contribution in [-0.2, 0) is 16.9 Å². The molecule has 2 unspecified atom stereocenters. The maximum absolute atomic E-state index is 12.5. The van der Waals surface area contributed by atoms with Gasteiger partial charge < -0.3 is 0 Å². The van der Waals surface area contributed by atoms with Crippen molar-refractivity contribution in [3.05, 3.63) is 17.5 Å². The van der Waals surface area contributed by atoms with Crippen molar-refractivity contribution in [2.45, 2.75) is 37.9 Å². The summed E-state index contributed by atoms with van der Waals surface area (Å²) in [6, 6.07) is 0. The molecule has 1 aromatic heterocycles. The molecule has 0 amide bonds. The van der Waals surface area contributed by atoms with E-state index in [1.165, 1.54) is 6.26 Å². The van der Waals surface area contributed by atoms with Crippen LogP contribution in [-0.4, -0.2) is 35.5 Å². The van der Waals surface area contributed by atoms with Gasteiger partial charge in [-0.05, 0) is 26.2 Å². The summed E-state index contributed by atoms with van der Waals surface area (Å²) < 4.78 is 24.9. The molecule has 6 heteroatoms. The van der Waals surface area contributed by atoms with E-state index in [0.29, 0.717) is 24.1 Å². The van der Waals surface area contributed by atoms with Gasteiger partial charge >= 0.3 is 0 Å². The summed E-state index contributed by atoms with van der Waals surface area (Å²) in [7, 11) is -1.27. The number of ketones is 1. The third-order valence-electron chi connectivity index (χ3n) is 3.88. The predicted octanol–water partition coefficient (Wildman–Crippen LogP) is 1.51. The van der Waals surface area contributed by atoms with E-state index in [1.807, 2.05) is 6.92 Å². The Morgan fingerprint density at radius 2 is 2.11 bits per heavy atom. The highest BCUT2D eigenvalue weighted by Crippen LogP contribution is 2.31. The fraction of sp³-hybridized carbons (Fsp3) is 0.692. The van der Waals surface area contributed by atoms with E-state index >= 15 is 0 Å². The van der Waals surface area contributed by atoms with Crippen LogP contribution in [0.3, 0.4) is 0 Å². The van der Waals surface area contributed by atoms with Gasteiger partial charge in [-0.15, -0.1) is 0 Å². The zero-order valence-corrected chi connectivity index (χ0v) is 12.4. The van der Waals surface area contributed by atoms with E-state index in [4.69, 9.17) is 0 Å². The zero-order valence-electron chi connectivity index (χ0n) is 11.6. The first kappa shape index (κ1) is 14.2. The van der Waals surface area contributed by atoms with Crippen molar-refractivity contribution in [3.8, 4) is 0 Å². The van der Waals surface area contributed by atoms with Gasteiger partial charge in [0, 0.05) is 25.4 Å². The monoisotopic (exact) mass is 284 g/mol. The van der Waals surface area contributed by atoms with Crippen LogP contribution in [0.4, 0.5) is 0 Å². The maximum Gasteiger partial charge on any atom is 0.169 e. The number of nitrogens with zero attached hydrogens (tertiary/aromatic N) is 2. The summed E-state index contributed by atoms with van der Waals surface area (Å²) in [6.45, 7) is 1.81. The van der Waals surface area contributed by atoms with Gasteiger partial charge in [0.2, 0.25) is 0 Å². The summed E-state index contributed by atoms with van der Waals surface area (Å²) in [5, 5.41) is 3.80. The molecular weight excluding hydrogens is 264 g/mol. The molecule has 0 bridgehead atoms. The molecule has 1 fully saturated rings. The lowest BCUT2D eigenvalue weighted by atomic mass is 9.83. The van der Waals surface area contributed by atoms with Crippen molar-refractivity contribution in [1.82, 2.24) is 9.78 Å². The number of hydrogen-bond acceptors (Lipinski definition) is 4. The molecule has 1 aliphatic rings. The Balaban J connectivity index is 2.18. The normalized spacial score (nSPS) is 24.4. The first-order chi connectivity index (χ1) is 8.79. The molecular formula is C13H20N2O3S. The fourth-order valence-electron chi connectivity index (χ4n) is 2.83. The second kappa shape index (κ2) is 5.07. The lowest BCUT2D eigenvalue weighted by Gasteiger charge is -2.26. The molecule has 0 spiro atoms. The number of Topliss-reactive ketones (excluding diaryl/α,β-unsaturated/α-hetero) is 1. The van der Waals surface area contributed by atoms with E-state index in [-0.39, 0.29) is 17.0 Å². The third-order valence-corrected chi connectivity index (χ3v) is 5.52. The molecule has 5 nitrogen and oxygen atoms in total. The number of aryl methyl sites for hydroxylation is 2. The highest BCUT2D eigenvalue weighted by atomic mass is 32.2. The molecule has 1 saturated carbocycles. The van der Waals surface area contributed by atoms with Crippen LogP contribution in [0.5, 0.6) is 0 Å².